The van der Waals surface area contributed by atoms with Crippen molar-refractivity contribution in [3.63, 3.8) is 0 Å². The van der Waals surface area contributed by atoms with Crippen LogP contribution in [0, 0.1) is 0 Å². The van der Waals surface area contributed by atoms with Crippen LogP contribution in [0.4, 0.5) is 5.69 Å². The van der Waals surface area contributed by atoms with Crippen LogP contribution in [0.3, 0.4) is 0 Å². The highest BCUT2D eigenvalue weighted by Gasteiger charge is 2.19. The predicted octanol–water partition coefficient (Wildman–Crippen LogP) is 0.699. The fourth-order valence-corrected chi connectivity index (χ4v) is 2.18. The lowest BCUT2D eigenvalue weighted by Gasteiger charge is -2.27. The van der Waals surface area contributed by atoms with Crippen LogP contribution in [0.15, 0.2) is 18.2 Å². The molecule has 0 saturated carbocycles. The Labute approximate surface area is 118 Å². The van der Waals surface area contributed by atoms with E-state index in [1.54, 1.807) is 23.1 Å². The van der Waals surface area contributed by atoms with Gasteiger partial charge in [0.1, 0.15) is 5.75 Å². The van der Waals surface area contributed by atoms with E-state index in [4.69, 9.17) is 4.74 Å². The molecule has 0 radical (unpaired) electrons. The Bertz CT molecular complexity index is 510. The average Bonchev–Trinajstić information content (AvgIpc) is 2.46. The molecular formula is C14H19N3O3. The van der Waals surface area contributed by atoms with Crippen molar-refractivity contribution < 1.29 is 14.3 Å². The molecule has 20 heavy (non-hydrogen) atoms. The van der Waals surface area contributed by atoms with Gasteiger partial charge in [-0.2, -0.15) is 0 Å². The first-order valence-corrected chi connectivity index (χ1v) is 6.57. The summed E-state index contributed by atoms with van der Waals surface area (Å²) in [6.45, 7) is 4.42. The van der Waals surface area contributed by atoms with Crippen LogP contribution in [0.5, 0.6) is 5.75 Å². The summed E-state index contributed by atoms with van der Waals surface area (Å²) in [5.74, 6) is 0.313. The highest BCUT2D eigenvalue weighted by molar-refractivity contribution is 5.98. The maximum absolute atomic E-state index is 12.4. The Balaban J connectivity index is 2.22. The molecule has 1 aliphatic rings. The van der Waals surface area contributed by atoms with Crippen LogP contribution in [-0.2, 0) is 4.79 Å². The fraction of sp³-hybridized carbons (Fsp3) is 0.429. The molecule has 0 unspecified atom stereocenters. The summed E-state index contributed by atoms with van der Waals surface area (Å²) in [4.78, 5) is 25.4. The van der Waals surface area contributed by atoms with Gasteiger partial charge in [-0.25, -0.2) is 0 Å². The van der Waals surface area contributed by atoms with Gasteiger partial charge in [0.05, 0.1) is 12.8 Å². The number of carbonyl (C=O) groups is 2. The van der Waals surface area contributed by atoms with Crippen LogP contribution in [-0.4, -0.2) is 50.0 Å². The first-order chi connectivity index (χ1) is 9.61. The summed E-state index contributed by atoms with van der Waals surface area (Å²) in [7, 11) is 1.53. The van der Waals surface area contributed by atoms with E-state index < -0.39 is 0 Å². The van der Waals surface area contributed by atoms with E-state index in [2.05, 4.69) is 10.6 Å². The molecule has 108 valence electrons. The summed E-state index contributed by atoms with van der Waals surface area (Å²) in [6, 6.07) is 5.07. The summed E-state index contributed by atoms with van der Waals surface area (Å²) in [6.07, 6.45) is 0. The first kappa shape index (κ1) is 14.3. The molecule has 2 amide bonds. The molecule has 0 aliphatic carbocycles. The second-order valence-electron chi connectivity index (χ2n) is 4.64. The zero-order chi connectivity index (χ0) is 14.5. The Morgan fingerprint density at radius 3 is 2.60 bits per heavy atom. The van der Waals surface area contributed by atoms with Crippen molar-refractivity contribution in [3.8, 4) is 5.75 Å². The number of ether oxygens (including phenoxy) is 1. The van der Waals surface area contributed by atoms with Gasteiger partial charge < -0.3 is 20.3 Å². The van der Waals surface area contributed by atoms with Gasteiger partial charge in [0.15, 0.2) is 0 Å². The minimum atomic E-state index is -0.199. The summed E-state index contributed by atoms with van der Waals surface area (Å²) in [5, 5.41) is 5.88. The van der Waals surface area contributed by atoms with Crippen molar-refractivity contribution >= 4 is 17.5 Å². The molecule has 2 rings (SSSR count). The third-order valence-electron chi connectivity index (χ3n) is 3.16. The number of piperazine rings is 1. The largest absolute Gasteiger partial charge is 0.495 e. The van der Waals surface area contributed by atoms with Gasteiger partial charge in [-0.3, -0.25) is 9.59 Å². The Kier molecular flexibility index (Phi) is 4.57. The van der Waals surface area contributed by atoms with Gasteiger partial charge in [0.2, 0.25) is 5.91 Å². The highest BCUT2D eigenvalue weighted by Crippen LogP contribution is 2.26. The molecule has 1 aromatic carbocycles. The molecule has 0 aromatic heterocycles. The van der Waals surface area contributed by atoms with Crippen molar-refractivity contribution in [1.82, 2.24) is 10.2 Å². The smallest absolute Gasteiger partial charge is 0.254 e. The van der Waals surface area contributed by atoms with Crippen molar-refractivity contribution in [2.24, 2.45) is 0 Å². The molecule has 0 spiro atoms. The van der Waals surface area contributed by atoms with Gasteiger partial charge in [-0.15, -0.1) is 0 Å². The lowest BCUT2D eigenvalue weighted by Crippen LogP contribution is -2.46. The molecule has 1 heterocycles. The van der Waals surface area contributed by atoms with Gasteiger partial charge in [0, 0.05) is 38.7 Å². The van der Waals surface area contributed by atoms with Crippen molar-refractivity contribution in [2.75, 3.05) is 38.6 Å². The molecule has 6 heteroatoms. The van der Waals surface area contributed by atoms with Gasteiger partial charge in [-0.1, -0.05) is 0 Å². The molecular weight excluding hydrogens is 258 g/mol. The topological polar surface area (TPSA) is 70.7 Å². The molecule has 1 aromatic rings. The number of nitrogens with one attached hydrogen (secondary N) is 2. The van der Waals surface area contributed by atoms with E-state index >= 15 is 0 Å². The number of carbonyl (C=O) groups excluding carboxylic acids is 2. The second kappa shape index (κ2) is 6.38. The van der Waals surface area contributed by atoms with E-state index in [-0.39, 0.29) is 11.8 Å². The Hall–Kier alpha value is -2.08. The number of hydrogen-bond donors (Lipinski definition) is 2. The maximum atomic E-state index is 12.4. The minimum absolute atomic E-state index is 0.0271. The van der Waals surface area contributed by atoms with Gasteiger partial charge in [-0.05, 0) is 18.2 Å². The maximum Gasteiger partial charge on any atom is 0.254 e. The third kappa shape index (κ3) is 3.27. The van der Waals surface area contributed by atoms with E-state index in [9.17, 15) is 9.59 Å². The fourth-order valence-electron chi connectivity index (χ4n) is 2.18. The summed E-state index contributed by atoms with van der Waals surface area (Å²) >= 11 is 0. The summed E-state index contributed by atoms with van der Waals surface area (Å²) < 4.78 is 5.18. The van der Waals surface area contributed by atoms with Crippen molar-refractivity contribution in [2.45, 2.75) is 6.92 Å². The van der Waals surface area contributed by atoms with E-state index in [0.717, 1.165) is 13.1 Å². The quantitative estimate of drug-likeness (QED) is 0.853. The van der Waals surface area contributed by atoms with Crippen molar-refractivity contribution in [3.05, 3.63) is 23.8 Å². The van der Waals surface area contributed by atoms with E-state index in [0.29, 0.717) is 30.1 Å². The number of hydrogen-bond acceptors (Lipinski definition) is 4. The summed E-state index contributed by atoms with van der Waals surface area (Å²) in [5.41, 5.74) is 1.07. The molecule has 1 saturated heterocycles. The highest BCUT2D eigenvalue weighted by atomic mass is 16.5. The van der Waals surface area contributed by atoms with Crippen LogP contribution in [0.1, 0.15) is 17.3 Å². The van der Waals surface area contributed by atoms with Crippen LogP contribution in [0.25, 0.3) is 0 Å². The van der Waals surface area contributed by atoms with E-state index in [1.165, 1.54) is 14.0 Å². The number of rotatable bonds is 3. The Morgan fingerprint density at radius 1 is 1.30 bits per heavy atom. The van der Waals surface area contributed by atoms with Gasteiger partial charge >= 0.3 is 0 Å². The molecule has 6 nitrogen and oxygen atoms in total. The van der Waals surface area contributed by atoms with Crippen LogP contribution in [0.2, 0.25) is 0 Å². The monoisotopic (exact) mass is 277 g/mol. The normalized spacial score (nSPS) is 14.8. The average molecular weight is 277 g/mol. The molecule has 0 atom stereocenters. The molecule has 1 fully saturated rings. The number of nitrogens with zero attached hydrogens (tertiary/aromatic N) is 1. The predicted molar refractivity (Wildman–Crippen MR) is 76.1 cm³/mol. The lowest BCUT2D eigenvalue weighted by molar-refractivity contribution is -0.114. The number of anilines is 1. The number of amides is 2. The second-order valence-corrected chi connectivity index (χ2v) is 4.64. The number of methoxy groups -OCH3 is 1. The Morgan fingerprint density at radius 2 is 2.00 bits per heavy atom. The molecule has 2 N–H and O–H groups in total. The van der Waals surface area contributed by atoms with Crippen LogP contribution >= 0.6 is 0 Å². The van der Waals surface area contributed by atoms with Crippen molar-refractivity contribution in [1.29, 1.82) is 0 Å². The van der Waals surface area contributed by atoms with E-state index in [1.807, 2.05) is 0 Å². The number of benzene rings is 1. The lowest BCUT2D eigenvalue weighted by atomic mass is 10.1. The van der Waals surface area contributed by atoms with Gasteiger partial charge in [0.25, 0.3) is 5.91 Å². The SMILES string of the molecule is COc1ccc(C(=O)N2CCNCC2)cc1NC(C)=O. The zero-order valence-electron chi connectivity index (χ0n) is 11.7. The minimum Gasteiger partial charge on any atom is -0.495 e. The molecule has 1 aliphatic heterocycles. The standard InChI is InChI=1S/C14H19N3O3/c1-10(18)16-12-9-11(3-4-13(12)20-2)14(19)17-7-5-15-6-8-17/h3-4,9,15H,5-8H2,1-2H3,(H,16,18). The zero-order valence-corrected chi connectivity index (χ0v) is 11.7. The first-order valence-electron chi connectivity index (χ1n) is 6.57. The third-order valence-corrected chi connectivity index (χ3v) is 3.16. The van der Waals surface area contributed by atoms with Crippen LogP contribution < -0.4 is 15.4 Å². The molecule has 0 bridgehead atoms.